The van der Waals surface area contributed by atoms with Crippen molar-refractivity contribution in [2.75, 3.05) is 6.54 Å². The van der Waals surface area contributed by atoms with Crippen LogP contribution in [0.25, 0.3) is 0 Å². The number of hydrogen-bond donors (Lipinski definition) is 1. The van der Waals surface area contributed by atoms with E-state index in [1.807, 2.05) is 6.92 Å². The molecule has 1 atom stereocenters. The smallest absolute Gasteiger partial charge is 0.131 e. The number of likely N-dealkylation sites (N-methyl/N-ethyl adjacent to an activating group) is 1. The lowest BCUT2D eigenvalue weighted by Crippen LogP contribution is -2.21. The van der Waals surface area contributed by atoms with E-state index in [0.717, 1.165) is 0 Å². The standard InChI is InChI=1S/C11H13F2N/c1-3-10(14-4-2)11-8(12)6-5-7-9(11)13/h3,5-7,10,14H,1,4H2,2H3. The molecule has 1 N–H and O–H groups in total. The summed E-state index contributed by atoms with van der Waals surface area (Å²) in [6, 6.07) is 3.36. The molecular formula is C11H13F2N. The minimum Gasteiger partial charge on any atom is -0.307 e. The maximum atomic E-state index is 13.3. The lowest BCUT2D eigenvalue weighted by Gasteiger charge is -2.15. The average Bonchev–Trinajstić information content (AvgIpc) is 2.16. The van der Waals surface area contributed by atoms with Gasteiger partial charge in [-0.05, 0) is 18.7 Å². The molecule has 1 rings (SSSR count). The van der Waals surface area contributed by atoms with Gasteiger partial charge in [-0.2, -0.15) is 0 Å². The summed E-state index contributed by atoms with van der Waals surface area (Å²) in [6.45, 7) is 6.04. The average molecular weight is 197 g/mol. The van der Waals surface area contributed by atoms with Gasteiger partial charge in [-0.25, -0.2) is 8.78 Å². The summed E-state index contributed by atoms with van der Waals surface area (Å²) in [6.07, 6.45) is 1.49. The first-order chi connectivity index (χ1) is 6.70. The third-order valence-electron chi connectivity index (χ3n) is 1.97. The quantitative estimate of drug-likeness (QED) is 0.732. The van der Waals surface area contributed by atoms with Crippen LogP contribution in [0.5, 0.6) is 0 Å². The molecule has 0 saturated heterocycles. The lowest BCUT2D eigenvalue weighted by molar-refractivity contribution is 0.517. The fourth-order valence-corrected chi connectivity index (χ4v) is 1.33. The molecule has 0 aromatic heterocycles. The topological polar surface area (TPSA) is 12.0 Å². The molecule has 0 radical (unpaired) electrons. The fraction of sp³-hybridized carbons (Fsp3) is 0.273. The molecule has 0 spiro atoms. The molecule has 76 valence electrons. The number of rotatable bonds is 4. The van der Waals surface area contributed by atoms with E-state index in [4.69, 9.17) is 0 Å². The van der Waals surface area contributed by atoms with Gasteiger partial charge in [0.15, 0.2) is 0 Å². The molecule has 0 aliphatic carbocycles. The van der Waals surface area contributed by atoms with Crippen LogP contribution < -0.4 is 5.32 Å². The Balaban J connectivity index is 3.08. The van der Waals surface area contributed by atoms with Crippen LogP contribution in [0.4, 0.5) is 8.78 Å². The third-order valence-corrected chi connectivity index (χ3v) is 1.97. The summed E-state index contributed by atoms with van der Waals surface area (Å²) in [7, 11) is 0. The molecule has 14 heavy (non-hydrogen) atoms. The van der Waals surface area contributed by atoms with Crippen LogP contribution in [-0.4, -0.2) is 6.54 Å². The first kappa shape index (κ1) is 10.9. The molecule has 1 aromatic rings. The molecule has 0 bridgehead atoms. The van der Waals surface area contributed by atoms with Crippen molar-refractivity contribution in [3.8, 4) is 0 Å². The highest BCUT2D eigenvalue weighted by Gasteiger charge is 2.15. The zero-order valence-electron chi connectivity index (χ0n) is 8.06. The highest BCUT2D eigenvalue weighted by atomic mass is 19.1. The second kappa shape index (κ2) is 4.86. The SMILES string of the molecule is C=CC(NCC)c1c(F)cccc1F. The van der Waals surface area contributed by atoms with Crippen LogP contribution in [0.1, 0.15) is 18.5 Å². The molecule has 1 aromatic carbocycles. The second-order valence-electron chi connectivity index (χ2n) is 2.91. The van der Waals surface area contributed by atoms with Crippen molar-refractivity contribution in [2.24, 2.45) is 0 Å². The summed E-state index contributed by atoms with van der Waals surface area (Å²) in [4.78, 5) is 0. The van der Waals surface area contributed by atoms with Gasteiger partial charge in [0.2, 0.25) is 0 Å². The van der Waals surface area contributed by atoms with E-state index >= 15 is 0 Å². The van der Waals surface area contributed by atoms with Crippen molar-refractivity contribution in [2.45, 2.75) is 13.0 Å². The highest BCUT2D eigenvalue weighted by Crippen LogP contribution is 2.21. The minimum atomic E-state index is -0.546. The van der Waals surface area contributed by atoms with E-state index in [0.29, 0.717) is 6.54 Å². The van der Waals surface area contributed by atoms with E-state index < -0.39 is 17.7 Å². The predicted molar refractivity (Wildman–Crippen MR) is 53.0 cm³/mol. The fourth-order valence-electron chi connectivity index (χ4n) is 1.33. The second-order valence-corrected chi connectivity index (χ2v) is 2.91. The van der Waals surface area contributed by atoms with Crippen molar-refractivity contribution in [3.05, 3.63) is 48.1 Å². The molecule has 1 nitrogen and oxygen atoms in total. The van der Waals surface area contributed by atoms with Crippen molar-refractivity contribution < 1.29 is 8.78 Å². The molecule has 3 heteroatoms. The van der Waals surface area contributed by atoms with Gasteiger partial charge in [0.25, 0.3) is 0 Å². The number of benzene rings is 1. The normalized spacial score (nSPS) is 12.5. The zero-order valence-corrected chi connectivity index (χ0v) is 8.06. The Bertz CT molecular complexity index is 303. The van der Waals surface area contributed by atoms with Crippen molar-refractivity contribution in [1.29, 1.82) is 0 Å². The summed E-state index contributed by atoms with van der Waals surface area (Å²) in [5.74, 6) is -1.09. The van der Waals surface area contributed by atoms with Crippen molar-refractivity contribution in [3.63, 3.8) is 0 Å². The molecule has 0 heterocycles. The van der Waals surface area contributed by atoms with Crippen LogP contribution in [0.2, 0.25) is 0 Å². The summed E-state index contributed by atoms with van der Waals surface area (Å²) >= 11 is 0. The zero-order chi connectivity index (χ0) is 10.6. The summed E-state index contributed by atoms with van der Waals surface area (Å²) < 4.78 is 26.6. The van der Waals surface area contributed by atoms with E-state index in [1.165, 1.54) is 24.3 Å². The molecule has 0 saturated carbocycles. The Hall–Kier alpha value is -1.22. The van der Waals surface area contributed by atoms with Gasteiger partial charge in [-0.15, -0.1) is 6.58 Å². The van der Waals surface area contributed by atoms with Crippen molar-refractivity contribution >= 4 is 0 Å². The van der Waals surface area contributed by atoms with Crippen LogP contribution >= 0.6 is 0 Å². The predicted octanol–water partition coefficient (Wildman–Crippen LogP) is 2.80. The summed E-state index contributed by atoms with van der Waals surface area (Å²) in [5.41, 5.74) is 0.0318. The molecule has 1 unspecified atom stereocenters. The van der Waals surface area contributed by atoms with E-state index in [-0.39, 0.29) is 5.56 Å². The Morgan fingerprint density at radius 2 is 2.00 bits per heavy atom. The van der Waals surface area contributed by atoms with E-state index in [9.17, 15) is 8.78 Å². The molecule has 0 aliphatic heterocycles. The van der Waals surface area contributed by atoms with Crippen LogP contribution in [-0.2, 0) is 0 Å². The van der Waals surface area contributed by atoms with Gasteiger partial charge >= 0.3 is 0 Å². The maximum absolute atomic E-state index is 13.3. The maximum Gasteiger partial charge on any atom is 0.131 e. The number of halogens is 2. The Morgan fingerprint density at radius 1 is 1.43 bits per heavy atom. The number of nitrogens with one attached hydrogen (secondary N) is 1. The summed E-state index contributed by atoms with van der Waals surface area (Å²) in [5, 5.41) is 2.93. The monoisotopic (exact) mass is 197 g/mol. The third kappa shape index (κ3) is 2.17. The van der Waals surface area contributed by atoms with Crippen molar-refractivity contribution in [1.82, 2.24) is 5.32 Å². The first-order valence-corrected chi connectivity index (χ1v) is 4.50. The van der Waals surface area contributed by atoms with Gasteiger partial charge in [0.1, 0.15) is 11.6 Å². The molecule has 0 aliphatic rings. The van der Waals surface area contributed by atoms with E-state index in [1.54, 1.807) is 0 Å². The Morgan fingerprint density at radius 3 is 2.43 bits per heavy atom. The number of hydrogen-bond acceptors (Lipinski definition) is 1. The van der Waals surface area contributed by atoms with E-state index in [2.05, 4.69) is 11.9 Å². The van der Waals surface area contributed by atoms with Crippen LogP contribution in [0, 0.1) is 11.6 Å². The molecular weight excluding hydrogens is 184 g/mol. The molecule has 0 amide bonds. The molecule has 0 fully saturated rings. The van der Waals surface area contributed by atoms with Gasteiger partial charge in [0, 0.05) is 5.56 Å². The van der Waals surface area contributed by atoms with Crippen LogP contribution in [0.15, 0.2) is 30.9 Å². The first-order valence-electron chi connectivity index (χ1n) is 4.50. The highest BCUT2D eigenvalue weighted by molar-refractivity contribution is 5.26. The van der Waals surface area contributed by atoms with Gasteiger partial charge in [0.05, 0.1) is 6.04 Å². The van der Waals surface area contributed by atoms with Gasteiger partial charge in [-0.1, -0.05) is 19.1 Å². The Kier molecular flexibility index (Phi) is 3.77. The Labute approximate surface area is 82.4 Å². The van der Waals surface area contributed by atoms with Gasteiger partial charge < -0.3 is 5.32 Å². The lowest BCUT2D eigenvalue weighted by atomic mass is 10.1. The van der Waals surface area contributed by atoms with Crippen LogP contribution in [0.3, 0.4) is 0 Å². The van der Waals surface area contributed by atoms with Gasteiger partial charge in [-0.3, -0.25) is 0 Å². The minimum absolute atomic E-state index is 0.0318. The largest absolute Gasteiger partial charge is 0.307 e.